The second-order valence-electron chi connectivity index (χ2n) is 6.17. The molecule has 1 aliphatic rings. The number of hydrogen-bond acceptors (Lipinski definition) is 2. The fraction of sp³-hybridized carbons (Fsp3) is 0.474. The number of nitrogens with zero attached hydrogens (tertiary/aromatic N) is 1. The van der Waals surface area contributed by atoms with E-state index in [4.69, 9.17) is 0 Å². The molecule has 0 radical (unpaired) electrons. The summed E-state index contributed by atoms with van der Waals surface area (Å²) in [5.74, 6) is -0.0386. The van der Waals surface area contributed by atoms with Gasteiger partial charge in [-0.15, -0.1) is 0 Å². The number of benzene rings is 1. The predicted octanol–water partition coefficient (Wildman–Crippen LogP) is 4.52. The van der Waals surface area contributed by atoms with Gasteiger partial charge in [0, 0.05) is 36.6 Å². The quantitative estimate of drug-likeness (QED) is 0.693. The van der Waals surface area contributed by atoms with Crippen molar-refractivity contribution in [2.24, 2.45) is 0 Å². The second-order valence-corrected chi connectivity index (χ2v) is 7.08. The Balaban J connectivity index is 1.77. The molecule has 0 bridgehead atoms. The van der Waals surface area contributed by atoms with Gasteiger partial charge in [0.1, 0.15) is 0 Å². The molecule has 24 heavy (non-hydrogen) atoms. The first-order valence-corrected chi connectivity index (χ1v) is 9.33. The zero-order valence-corrected chi connectivity index (χ0v) is 15.8. The van der Waals surface area contributed by atoms with Gasteiger partial charge in [-0.2, -0.15) is 0 Å². The van der Waals surface area contributed by atoms with Gasteiger partial charge in [-0.3, -0.25) is 9.59 Å². The third-order valence-corrected chi connectivity index (χ3v) is 4.80. The van der Waals surface area contributed by atoms with Crippen LogP contribution in [-0.4, -0.2) is 29.8 Å². The maximum Gasteiger partial charge on any atom is 0.226 e. The van der Waals surface area contributed by atoms with Gasteiger partial charge in [-0.05, 0) is 56.4 Å². The molecule has 1 aromatic carbocycles. The lowest BCUT2D eigenvalue weighted by Crippen LogP contribution is -2.33. The minimum atomic E-state index is -0.0690. The van der Waals surface area contributed by atoms with Crippen LogP contribution in [0.25, 0.3) is 0 Å². The molecule has 1 N–H and O–H groups in total. The van der Waals surface area contributed by atoms with E-state index in [0.717, 1.165) is 29.4 Å². The number of hydrogen-bond donors (Lipinski definition) is 1. The van der Waals surface area contributed by atoms with Crippen LogP contribution < -0.4 is 5.32 Å². The van der Waals surface area contributed by atoms with Crippen molar-refractivity contribution in [3.8, 4) is 0 Å². The lowest BCUT2D eigenvalue weighted by atomic mass is 9.97. The highest BCUT2D eigenvalue weighted by atomic mass is 79.9. The van der Waals surface area contributed by atoms with Crippen molar-refractivity contribution in [3.63, 3.8) is 0 Å². The number of anilines is 1. The zero-order chi connectivity index (χ0) is 17.4. The van der Waals surface area contributed by atoms with E-state index in [9.17, 15) is 9.59 Å². The number of allylic oxidation sites excluding steroid dienone is 1. The number of carbonyl (C=O) groups excluding carboxylic acids is 2. The van der Waals surface area contributed by atoms with E-state index in [-0.39, 0.29) is 11.8 Å². The zero-order valence-electron chi connectivity index (χ0n) is 14.2. The standard InChI is InChI=1S/C19H25BrN2O2/c1-15(23)22(13-11-16-5-3-2-4-6-16)14-12-19(24)21-18-9-7-17(20)8-10-18/h5,7-10H,2-4,6,11-14H2,1H3,(H,21,24). The van der Waals surface area contributed by atoms with Crippen molar-refractivity contribution in [1.82, 2.24) is 4.90 Å². The summed E-state index contributed by atoms with van der Waals surface area (Å²) < 4.78 is 0.972. The van der Waals surface area contributed by atoms with E-state index < -0.39 is 0 Å². The first-order chi connectivity index (χ1) is 11.5. The van der Waals surface area contributed by atoms with Crippen molar-refractivity contribution in [2.45, 2.75) is 45.4 Å². The lowest BCUT2D eigenvalue weighted by Gasteiger charge is -2.22. The molecule has 2 amide bonds. The summed E-state index contributed by atoms with van der Waals surface area (Å²) in [5.41, 5.74) is 2.22. The Hall–Kier alpha value is -1.62. The third kappa shape index (κ3) is 6.48. The molecule has 0 unspecified atom stereocenters. The van der Waals surface area contributed by atoms with Gasteiger partial charge < -0.3 is 10.2 Å². The number of carbonyl (C=O) groups is 2. The van der Waals surface area contributed by atoms with Crippen molar-refractivity contribution in [1.29, 1.82) is 0 Å². The molecule has 5 heteroatoms. The van der Waals surface area contributed by atoms with E-state index in [1.165, 1.54) is 18.4 Å². The van der Waals surface area contributed by atoms with Gasteiger partial charge in [-0.25, -0.2) is 0 Å². The molecule has 0 spiro atoms. The Morgan fingerprint density at radius 2 is 1.92 bits per heavy atom. The summed E-state index contributed by atoms with van der Waals surface area (Å²) in [5, 5.41) is 2.86. The predicted molar refractivity (Wildman–Crippen MR) is 101 cm³/mol. The third-order valence-electron chi connectivity index (χ3n) is 4.27. The molecule has 0 aliphatic heterocycles. The summed E-state index contributed by atoms with van der Waals surface area (Å²) in [7, 11) is 0. The van der Waals surface area contributed by atoms with Gasteiger partial charge in [-0.1, -0.05) is 27.6 Å². The Kier molecular flexibility index (Phi) is 7.50. The largest absolute Gasteiger partial charge is 0.342 e. The maximum absolute atomic E-state index is 12.1. The molecule has 2 rings (SSSR count). The molecule has 0 heterocycles. The normalized spacial score (nSPS) is 14.0. The maximum atomic E-state index is 12.1. The smallest absolute Gasteiger partial charge is 0.226 e. The van der Waals surface area contributed by atoms with Crippen LogP contribution >= 0.6 is 15.9 Å². The van der Waals surface area contributed by atoms with Crippen LogP contribution in [-0.2, 0) is 9.59 Å². The molecule has 0 aromatic heterocycles. The highest BCUT2D eigenvalue weighted by Gasteiger charge is 2.13. The highest BCUT2D eigenvalue weighted by molar-refractivity contribution is 9.10. The number of halogens is 1. The first-order valence-electron chi connectivity index (χ1n) is 8.53. The number of amides is 2. The molecule has 1 aromatic rings. The van der Waals surface area contributed by atoms with Crippen molar-refractivity contribution in [2.75, 3.05) is 18.4 Å². The van der Waals surface area contributed by atoms with E-state index in [1.54, 1.807) is 11.8 Å². The van der Waals surface area contributed by atoms with Crippen LogP contribution in [0.5, 0.6) is 0 Å². The van der Waals surface area contributed by atoms with Gasteiger partial charge in [0.25, 0.3) is 0 Å². The Morgan fingerprint density at radius 3 is 2.54 bits per heavy atom. The molecule has 1 aliphatic carbocycles. The fourth-order valence-corrected chi connectivity index (χ4v) is 3.09. The minimum absolute atomic E-state index is 0.0304. The molecule has 0 atom stereocenters. The van der Waals surface area contributed by atoms with Crippen molar-refractivity contribution in [3.05, 3.63) is 40.4 Å². The molecule has 4 nitrogen and oxygen atoms in total. The minimum Gasteiger partial charge on any atom is -0.342 e. The first kappa shape index (κ1) is 18.7. The highest BCUT2D eigenvalue weighted by Crippen LogP contribution is 2.20. The topological polar surface area (TPSA) is 49.4 Å². The molecule has 0 saturated heterocycles. The van der Waals surface area contributed by atoms with E-state index in [1.807, 2.05) is 24.3 Å². The average molecular weight is 393 g/mol. The summed E-state index contributed by atoms with van der Waals surface area (Å²) in [6.07, 6.45) is 8.38. The Morgan fingerprint density at radius 1 is 1.17 bits per heavy atom. The van der Waals surface area contributed by atoms with Gasteiger partial charge in [0.15, 0.2) is 0 Å². The van der Waals surface area contributed by atoms with Gasteiger partial charge in [0.2, 0.25) is 11.8 Å². The van der Waals surface area contributed by atoms with Gasteiger partial charge >= 0.3 is 0 Å². The van der Waals surface area contributed by atoms with Crippen LogP contribution in [0, 0.1) is 0 Å². The van der Waals surface area contributed by atoms with Gasteiger partial charge in [0.05, 0.1) is 0 Å². The molecular weight excluding hydrogens is 368 g/mol. The van der Waals surface area contributed by atoms with Crippen molar-refractivity contribution >= 4 is 33.4 Å². The van der Waals surface area contributed by atoms with E-state index in [0.29, 0.717) is 19.5 Å². The SMILES string of the molecule is CC(=O)N(CCC(=O)Nc1ccc(Br)cc1)CCC1=CCCCC1. The fourth-order valence-electron chi connectivity index (χ4n) is 2.83. The summed E-state index contributed by atoms with van der Waals surface area (Å²) >= 11 is 3.37. The monoisotopic (exact) mass is 392 g/mol. The summed E-state index contributed by atoms with van der Waals surface area (Å²) in [6.45, 7) is 2.74. The van der Waals surface area contributed by atoms with Crippen LogP contribution in [0.2, 0.25) is 0 Å². The Bertz CT molecular complexity index is 596. The van der Waals surface area contributed by atoms with E-state index in [2.05, 4.69) is 27.3 Å². The molecule has 0 fully saturated rings. The van der Waals surface area contributed by atoms with Crippen LogP contribution in [0.4, 0.5) is 5.69 Å². The van der Waals surface area contributed by atoms with Crippen LogP contribution in [0.1, 0.15) is 45.4 Å². The summed E-state index contributed by atoms with van der Waals surface area (Å²) in [6, 6.07) is 7.46. The lowest BCUT2D eigenvalue weighted by molar-refractivity contribution is -0.129. The average Bonchev–Trinajstić information content (AvgIpc) is 2.57. The number of nitrogens with one attached hydrogen (secondary N) is 1. The molecule has 130 valence electrons. The number of rotatable bonds is 7. The Labute approximate surface area is 152 Å². The second kappa shape index (κ2) is 9.62. The van der Waals surface area contributed by atoms with Crippen molar-refractivity contribution < 1.29 is 9.59 Å². The van der Waals surface area contributed by atoms with Crippen LogP contribution in [0.3, 0.4) is 0 Å². The molecular formula is C19H25BrN2O2. The summed E-state index contributed by atoms with van der Waals surface area (Å²) in [4.78, 5) is 25.6. The van der Waals surface area contributed by atoms with Crippen LogP contribution in [0.15, 0.2) is 40.4 Å². The molecule has 0 saturated carbocycles. The van der Waals surface area contributed by atoms with E-state index >= 15 is 0 Å².